The van der Waals surface area contributed by atoms with Crippen LogP contribution < -0.4 is 5.32 Å². The highest BCUT2D eigenvalue weighted by atomic mass is 15.2. The van der Waals surface area contributed by atoms with Gasteiger partial charge in [-0.15, -0.1) is 0 Å². The molecule has 20 heavy (non-hydrogen) atoms. The number of pyridine rings is 1. The molecular formula is C17H31N3. The summed E-state index contributed by atoms with van der Waals surface area (Å²) in [6.45, 7) is 14.4. The van der Waals surface area contributed by atoms with E-state index in [-0.39, 0.29) is 5.54 Å². The van der Waals surface area contributed by atoms with Gasteiger partial charge in [0.15, 0.2) is 0 Å². The SMILES string of the molecule is CCCC(CNC(C)(C)C)N(CC)Cc1ccncc1. The first kappa shape index (κ1) is 17.1. The van der Waals surface area contributed by atoms with E-state index in [1.165, 1.54) is 18.4 Å². The number of nitrogens with zero attached hydrogens (tertiary/aromatic N) is 2. The largest absolute Gasteiger partial charge is 0.311 e. The second-order valence-electron chi connectivity index (χ2n) is 6.49. The third kappa shape index (κ3) is 6.49. The highest BCUT2D eigenvalue weighted by molar-refractivity contribution is 5.09. The highest BCUT2D eigenvalue weighted by Gasteiger charge is 2.19. The Morgan fingerprint density at radius 1 is 1.20 bits per heavy atom. The molecule has 1 rings (SSSR count). The Morgan fingerprint density at radius 2 is 1.85 bits per heavy atom. The topological polar surface area (TPSA) is 28.2 Å². The number of nitrogens with one attached hydrogen (secondary N) is 1. The van der Waals surface area contributed by atoms with E-state index in [0.29, 0.717) is 6.04 Å². The maximum absolute atomic E-state index is 4.10. The van der Waals surface area contributed by atoms with Crippen molar-refractivity contribution in [2.45, 2.75) is 65.6 Å². The van der Waals surface area contributed by atoms with Gasteiger partial charge in [0.05, 0.1) is 0 Å². The molecule has 0 spiro atoms. The Labute approximate surface area is 124 Å². The van der Waals surface area contributed by atoms with Gasteiger partial charge in [-0.05, 0) is 51.4 Å². The average molecular weight is 277 g/mol. The van der Waals surface area contributed by atoms with Crippen molar-refractivity contribution in [3.05, 3.63) is 30.1 Å². The molecule has 0 aliphatic heterocycles. The summed E-state index contributed by atoms with van der Waals surface area (Å²) >= 11 is 0. The van der Waals surface area contributed by atoms with Gasteiger partial charge in [-0.3, -0.25) is 9.88 Å². The van der Waals surface area contributed by atoms with Gasteiger partial charge in [0.25, 0.3) is 0 Å². The standard InChI is InChI=1S/C17H31N3/c1-6-8-16(13-19-17(3,4)5)20(7-2)14-15-9-11-18-12-10-15/h9-12,16,19H,6-8,13-14H2,1-5H3. The summed E-state index contributed by atoms with van der Waals surface area (Å²) in [6, 6.07) is 4.82. The number of rotatable bonds is 8. The third-order valence-corrected chi connectivity index (χ3v) is 3.55. The fourth-order valence-electron chi connectivity index (χ4n) is 2.39. The van der Waals surface area contributed by atoms with Crippen LogP contribution in [-0.2, 0) is 6.54 Å². The van der Waals surface area contributed by atoms with Crippen LogP contribution in [-0.4, -0.2) is 34.6 Å². The lowest BCUT2D eigenvalue weighted by Crippen LogP contribution is -2.47. The Balaban J connectivity index is 2.65. The van der Waals surface area contributed by atoms with E-state index in [1.807, 2.05) is 12.4 Å². The smallest absolute Gasteiger partial charge is 0.0271 e. The van der Waals surface area contributed by atoms with Crippen LogP contribution in [0.15, 0.2) is 24.5 Å². The molecule has 0 aromatic carbocycles. The fraction of sp³-hybridized carbons (Fsp3) is 0.706. The Morgan fingerprint density at radius 3 is 2.35 bits per heavy atom. The van der Waals surface area contributed by atoms with Crippen LogP contribution in [0.5, 0.6) is 0 Å². The van der Waals surface area contributed by atoms with Crippen molar-refractivity contribution in [2.24, 2.45) is 0 Å². The van der Waals surface area contributed by atoms with Gasteiger partial charge >= 0.3 is 0 Å². The van der Waals surface area contributed by atoms with Gasteiger partial charge in [0.1, 0.15) is 0 Å². The third-order valence-electron chi connectivity index (χ3n) is 3.55. The first-order valence-corrected chi connectivity index (χ1v) is 7.84. The second-order valence-corrected chi connectivity index (χ2v) is 6.49. The molecule has 1 aromatic heterocycles. The molecule has 0 aliphatic rings. The molecule has 114 valence electrons. The molecule has 3 heteroatoms. The van der Waals surface area contributed by atoms with E-state index in [2.05, 4.69) is 62.0 Å². The quantitative estimate of drug-likeness (QED) is 0.789. The second kappa shape index (κ2) is 8.38. The summed E-state index contributed by atoms with van der Waals surface area (Å²) in [5, 5.41) is 3.65. The van der Waals surface area contributed by atoms with Gasteiger partial charge in [-0.25, -0.2) is 0 Å². The predicted molar refractivity (Wildman–Crippen MR) is 86.8 cm³/mol. The lowest BCUT2D eigenvalue weighted by molar-refractivity contribution is 0.172. The molecule has 1 aromatic rings. The number of aromatic nitrogens is 1. The molecule has 0 aliphatic carbocycles. The minimum Gasteiger partial charge on any atom is -0.311 e. The average Bonchev–Trinajstić information content (AvgIpc) is 2.41. The van der Waals surface area contributed by atoms with E-state index < -0.39 is 0 Å². The van der Waals surface area contributed by atoms with E-state index in [0.717, 1.165) is 19.6 Å². The molecule has 1 N–H and O–H groups in total. The first-order valence-electron chi connectivity index (χ1n) is 7.84. The molecule has 0 saturated heterocycles. The first-order chi connectivity index (χ1) is 9.46. The van der Waals surface area contributed by atoms with Crippen molar-refractivity contribution in [2.75, 3.05) is 13.1 Å². The molecular weight excluding hydrogens is 246 g/mol. The van der Waals surface area contributed by atoms with Crippen molar-refractivity contribution < 1.29 is 0 Å². The highest BCUT2D eigenvalue weighted by Crippen LogP contribution is 2.12. The monoisotopic (exact) mass is 277 g/mol. The van der Waals surface area contributed by atoms with Crippen molar-refractivity contribution in [1.29, 1.82) is 0 Å². The molecule has 1 unspecified atom stereocenters. The van der Waals surface area contributed by atoms with Gasteiger partial charge in [0.2, 0.25) is 0 Å². The summed E-state index contributed by atoms with van der Waals surface area (Å²) in [7, 11) is 0. The summed E-state index contributed by atoms with van der Waals surface area (Å²) < 4.78 is 0. The van der Waals surface area contributed by atoms with Gasteiger partial charge in [0, 0.05) is 37.1 Å². The van der Waals surface area contributed by atoms with E-state index >= 15 is 0 Å². The molecule has 0 bridgehead atoms. The van der Waals surface area contributed by atoms with E-state index in [1.54, 1.807) is 0 Å². The molecule has 3 nitrogen and oxygen atoms in total. The predicted octanol–water partition coefficient (Wildman–Crippen LogP) is 3.46. The van der Waals surface area contributed by atoms with Crippen LogP contribution in [0.1, 0.15) is 53.0 Å². The summed E-state index contributed by atoms with van der Waals surface area (Å²) in [6.07, 6.45) is 6.22. The van der Waals surface area contributed by atoms with Crippen LogP contribution in [0.25, 0.3) is 0 Å². The fourth-order valence-corrected chi connectivity index (χ4v) is 2.39. The minimum atomic E-state index is 0.183. The van der Waals surface area contributed by atoms with Crippen LogP contribution in [0.4, 0.5) is 0 Å². The molecule has 1 heterocycles. The molecule has 0 fully saturated rings. The van der Waals surface area contributed by atoms with E-state index in [9.17, 15) is 0 Å². The Bertz CT molecular complexity index is 356. The zero-order valence-corrected chi connectivity index (χ0v) is 13.8. The van der Waals surface area contributed by atoms with Crippen LogP contribution in [0, 0.1) is 0 Å². The van der Waals surface area contributed by atoms with Crippen molar-refractivity contribution in [1.82, 2.24) is 15.2 Å². The normalized spacial score (nSPS) is 13.7. The summed E-state index contributed by atoms with van der Waals surface area (Å²) in [5.41, 5.74) is 1.53. The van der Waals surface area contributed by atoms with Gasteiger partial charge < -0.3 is 5.32 Å². The lowest BCUT2D eigenvalue weighted by Gasteiger charge is -2.33. The van der Waals surface area contributed by atoms with Crippen LogP contribution >= 0.6 is 0 Å². The maximum atomic E-state index is 4.10. The lowest BCUT2D eigenvalue weighted by atomic mass is 10.1. The number of likely N-dealkylation sites (N-methyl/N-ethyl adjacent to an activating group) is 1. The summed E-state index contributed by atoms with van der Waals surface area (Å²) in [5.74, 6) is 0. The molecule has 0 radical (unpaired) electrons. The van der Waals surface area contributed by atoms with Crippen molar-refractivity contribution >= 4 is 0 Å². The summed E-state index contributed by atoms with van der Waals surface area (Å²) in [4.78, 5) is 6.66. The molecule has 0 amide bonds. The van der Waals surface area contributed by atoms with Crippen LogP contribution in [0.2, 0.25) is 0 Å². The van der Waals surface area contributed by atoms with Crippen molar-refractivity contribution in [3.8, 4) is 0 Å². The van der Waals surface area contributed by atoms with Gasteiger partial charge in [-0.2, -0.15) is 0 Å². The molecule has 0 saturated carbocycles. The Hall–Kier alpha value is -0.930. The van der Waals surface area contributed by atoms with Gasteiger partial charge in [-0.1, -0.05) is 20.3 Å². The number of hydrogen-bond acceptors (Lipinski definition) is 3. The number of hydrogen-bond donors (Lipinski definition) is 1. The van der Waals surface area contributed by atoms with E-state index in [4.69, 9.17) is 0 Å². The zero-order chi connectivity index (χ0) is 15.0. The van der Waals surface area contributed by atoms with Crippen molar-refractivity contribution in [3.63, 3.8) is 0 Å². The minimum absolute atomic E-state index is 0.183. The molecule has 1 atom stereocenters. The zero-order valence-electron chi connectivity index (χ0n) is 13.8. The van der Waals surface area contributed by atoms with Crippen LogP contribution in [0.3, 0.4) is 0 Å². The Kier molecular flexibility index (Phi) is 7.17. The maximum Gasteiger partial charge on any atom is 0.0271 e.